The van der Waals surface area contributed by atoms with Crippen LogP contribution in [0.2, 0.25) is 0 Å². The van der Waals surface area contributed by atoms with Gasteiger partial charge in [-0.05, 0) is 37.1 Å². The van der Waals surface area contributed by atoms with Crippen molar-refractivity contribution in [2.24, 2.45) is 0 Å². The number of nitrogens with one attached hydrogen (secondary N) is 1. The predicted molar refractivity (Wildman–Crippen MR) is 65.1 cm³/mol. The average molecular weight is 227 g/mol. The predicted octanol–water partition coefficient (Wildman–Crippen LogP) is 1.80. The summed E-state index contributed by atoms with van der Waals surface area (Å²) in [6.07, 6.45) is 0. The second kappa shape index (κ2) is 4.26. The topological polar surface area (TPSA) is 66.5 Å². The number of anilines is 1. The average Bonchev–Trinajstić information content (AvgIpc) is 2.75. The molecule has 1 aromatic heterocycles. The molecule has 5 heteroatoms. The summed E-state index contributed by atoms with van der Waals surface area (Å²) in [6.45, 7) is 4.09. The summed E-state index contributed by atoms with van der Waals surface area (Å²) in [5, 5.41) is 20.1. The maximum absolute atomic E-state index is 8.90. The van der Waals surface area contributed by atoms with Gasteiger partial charge in [-0.25, -0.2) is 0 Å². The highest BCUT2D eigenvalue weighted by molar-refractivity contribution is 5.47. The first-order valence-electron chi connectivity index (χ1n) is 5.28. The van der Waals surface area contributed by atoms with Crippen LogP contribution in [0.25, 0.3) is 5.69 Å². The van der Waals surface area contributed by atoms with Crippen molar-refractivity contribution >= 4 is 5.82 Å². The second-order valence-corrected chi connectivity index (χ2v) is 3.82. The monoisotopic (exact) mass is 227 g/mol. The Morgan fingerprint density at radius 1 is 1.24 bits per heavy atom. The Bertz CT molecular complexity index is 591. The zero-order chi connectivity index (χ0) is 12.4. The molecule has 0 aliphatic heterocycles. The Labute approximate surface area is 99.7 Å². The van der Waals surface area contributed by atoms with Crippen molar-refractivity contribution in [2.45, 2.75) is 13.8 Å². The van der Waals surface area contributed by atoms with Gasteiger partial charge in [-0.2, -0.15) is 5.26 Å². The number of nitrogens with zero attached hydrogens (tertiary/aromatic N) is 4. The maximum atomic E-state index is 8.90. The zero-order valence-electron chi connectivity index (χ0n) is 10.0. The third-order valence-electron chi connectivity index (χ3n) is 2.68. The van der Waals surface area contributed by atoms with Gasteiger partial charge in [-0.15, -0.1) is 15.0 Å². The first-order valence-corrected chi connectivity index (χ1v) is 5.28. The number of hydrogen-bond donors (Lipinski definition) is 1. The van der Waals surface area contributed by atoms with Crippen molar-refractivity contribution in [2.75, 3.05) is 12.4 Å². The molecule has 0 bridgehead atoms. The lowest BCUT2D eigenvalue weighted by Gasteiger charge is -2.03. The third-order valence-corrected chi connectivity index (χ3v) is 2.68. The molecular weight excluding hydrogens is 214 g/mol. The van der Waals surface area contributed by atoms with E-state index in [1.54, 1.807) is 7.05 Å². The molecule has 1 aromatic carbocycles. The van der Waals surface area contributed by atoms with Crippen molar-refractivity contribution < 1.29 is 0 Å². The molecule has 0 atom stereocenters. The Balaban J connectivity index is 2.50. The fraction of sp³-hybridized carbons (Fsp3) is 0.250. The van der Waals surface area contributed by atoms with Crippen molar-refractivity contribution in [3.8, 4) is 11.8 Å². The lowest BCUT2D eigenvalue weighted by Crippen LogP contribution is -2.00. The Morgan fingerprint density at radius 2 is 2.00 bits per heavy atom. The van der Waals surface area contributed by atoms with Gasteiger partial charge in [0.2, 0.25) is 5.69 Å². The fourth-order valence-corrected chi connectivity index (χ4v) is 1.52. The summed E-state index contributed by atoms with van der Waals surface area (Å²) in [7, 11) is 1.72. The van der Waals surface area contributed by atoms with Crippen molar-refractivity contribution in [1.82, 2.24) is 15.0 Å². The highest BCUT2D eigenvalue weighted by Gasteiger charge is 2.10. The SMILES string of the molecule is CNc1nn(-c2ccc(C)c(C)c2)nc1C#N. The zero-order valence-corrected chi connectivity index (χ0v) is 10.0. The summed E-state index contributed by atoms with van der Waals surface area (Å²) in [4.78, 5) is 1.47. The van der Waals surface area contributed by atoms with Crippen molar-refractivity contribution in [3.63, 3.8) is 0 Å². The summed E-state index contributed by atoms with van der Waals surface area (Å²) >= 11 is 0. The molecule has 0 saturated carbocycles. The third kappa shape index (κ3) is 1.97. The highest BCUT2D eigenvalue weighted by atomic mass is 15.5. The molecule has 1 N–H and O–H groups in total. The van der Waals surface area contributed by atoms with Crippen LogP contribution in [0.1, 0.15) is 16.8 Å². The number of benzene rings is 1. The van der Waals surface area contributed by atoms with Crippen LogP contribution in [0, 0.1) is 25.2 Å². The number of aryl methyl sites for hydroxylation is 2. The van der Waals surface area contributed by atoms with Crippen molar-refractivity contribution in [3.05, 3.63) is 35.0 Å². The minimum absolute atomic E-state index is 0.297. The second-order valence-electron chi connectivity index (χ2n) is 3.82. The van der Waals surface area contributed by atoms with E-state index in [4.69, 9.17) is 5.26 Å². The van der Waals surface area contributed by atoms with Crippen LogP contribution in [0.15, 0.2) is 18.2 Å². The minimum atomic E-state index is 0.297. The number of hydrogen-bond acceptors (Lipinski definition) is 4. The molecule has 0 amide bonds. The van der Waals surface area contributed by atoms with Gasteiger partial charge in [0.15, 0.2) is 5.82 Å². The molecule has 0 unspecified atom stereocenters. The molecule has 5 nitrogen and oxygen atoms in total. The van der Waals surface area contributed by atoms with Crippen LogP contribution >= 0.6 is 0 Å². The minimum Gasteiger partial charge on any atom is -0.369 e. The van der Waals surface area contributed by atoms with Gasteiger partial charge in [0.25, 0.3) is 0 Å². The number of nitriles is 1. The maximum Gasteiger partial charge on any atom is 0.207 e. The molecule has 0 radical (unpaired) electrons. The fourth-order valence-electron chi connectivity index (χ4n) is 1.52. The Morgan fingerprint density at radius 3 is 2.53 bits per heavy atom. The van der Waals surface area contributed by atoms with E-state index in [1.165, 1.54) is 15.9 Å². The van der Waals surface area contributed by atoms with Gasteiger partial charge in [0.1, 0.15) is 6.07 Å². The van der Waals surface area contributed by atoms with Gasteiger partial charge in [0.05, 0.1) is 5.69 Å². The van der Waals surface area contributed by atoms with Crippen LogP contribution in [-0.4, -0.2) is 22.0 Å². The molecule has 0 fully saturated rings. The van der Waals surface area contributed by atoms with Crippen LogP contribution in [-0.2, 0) is 0 Å². The van der Waals surface area contributed by atoms with Gasteiger partial charge < -0.3 is 5.32 Å². The standard InChI is InChI=1S/C12H13N5/c1-8-4-5-10(6-9(8)2)17-15-11(7-13)12(14-3)16-17/h4-6H,1-3H3,(H,14,16). The first-order chi connectivity index (χ1) is 8.15. The van der Waals surface area contributed by atoms with Gasteiger partial charge in [-0.1, -0.05) is 6.07 Å². The van der Waals surface area contributed by atoms with E-state index in [1.807, 2.05) is 31.2 Å². The molecule has 0 aliphatic rings. The molecule has 1 heterocycles. The molecule has 86 valence electrons. The smallest absolute Gasteiger partial charge is 0.207 e. The van der Waals surface area contributed by atoms with Gasteiger partial charge in [-0.3, -0.25) is 0 Å². The lowest BCUT2D eigenvalue weighted by atomic mass is 10.1. The first kappa shape index (κ1) is 11.1. The molecule has 2 rings (SSSR count). The van der Waals surface area contributed by atoms with E-state index in [0.29, 0.717) is 11.5 Å². The van der Waals surface area contributed by atoms with Gasteiger partial charge in [0, 0.05) is 7.05 Å². The van der Waals surface area contributed by atoms with Crippen LogP contribution < -0.4 is 5.32 Å². The number of rotatable bonds is 2. The lowest BCUT2D eigenvalue weighted by molar-refractivity contribution is 0.750. The molecule has 0 aliphatic carbocycles. The number of aromatic nitrogens is 3. The molecule has 0 spiro atoms. The molecule has 2 aromatic rings. The summed E-state index contributed by atoms with van der Waals surface area (Å²) in [5.41, 5.74) is 3.54. The Hall–Kier alpha value is -2.35. The van der Waals surface area contributed by atoms with E-state index >= 15 is 0 Å². The molecule has 0 saturated heterocycles. The van der Waals surface area contributed by atoms with E-state index in [-0.39, 0.29) is 0 Å². The van der Waals surface area contributed by atoms with Crippen molar-refractivity contribution in [1.29, 1.82) is 5.26 Å². The van der Waals surface area contributed by atoms with E-state index in [9.17, 15) is 0 Å². The van der Waals surface area contributed by atoms with E-state index in [0.717, 1.165) is 5.69 Å². The van der Waals surface area contributed by atoms with Crippen LogP contribution in [0.5, 0.6) is 0 Å². The van der Waals surface area contributed by atoms with Crippen LogP contribution in [0.3, 0.4) is 0 Å². The van der Waals surface area contributed by atoms with Gasteiger partial charge >= 0.3 is 0 Å². The largest absolute Gasteiger partial charge is 0.369 e. The molecular formula is C12H13N5. The normalized spacial score (nSPS) is 10.0. The Kier molecular flexibility index (Phi) is 2.79. The van der Waals surface area contributed by atoms with E-state index < -0.39 is 0 Å². The summed E-state index contributed by atoms with van der Waals surface area (Å²) in [6, 6.07) is 7.95. The summed E-state index contributed by atoms with van der Waals surface area (Å²) < 4.78 is 0. The van der Waals surface area contributed by atoms with Crippen LogP contribution in [0.4, 0.5) is 5.82 Å². The van der Waals surface area contributed by atoms with E-state index in [2.05, 4.69) is 22.4 Å². The summed E-state index contributed by atoms with van der Waals surface area (Å²) in [5.74, 6) is 0.491. The highest BCUT2D eigenvalue weighted by Crippen LogP contribution is 2.15. The molecule has 17 heavy (non-hydrogen) atoms. The quantitative estimate of drug-likeness (QED) is 0.849.